The Morgan fingerprint density at radius 2 is 2.06 bits per heavy atom. The average Bonchev–Trinajstić information content (AvgIpc) is 2.62. The number of hydrogen-bond acceptors (Lipinski definition) is 2. The number of halogens is 3. The van der Waals surface area contributed by atoms with Crippen LogP contribution in [0.25, 0.3) is 0 Å². The number of carbonyl (C=O) groups excluding carboxylic acids is 1. The Kier molecular flexibility index (Phi) is 6.63. The van der Waals surface area contributed by atoms with Gasteiger partial charge in [-0.2, -0.15) is 0 Å². The van der Waals surface area contributed by atoms with E-state index in [9.17, 15) is 4.79 Å². The first kappa shape index (κ1) is 15.1. The molecule has 1 heterocycles. The van der Waals surface area contributed by atoms with E-state index in [1.807, 2.05) is 0 Å². The van der Waals surface area contributed by atoms with E-state index in [4.69, 9.17) is 34.8 Å². The van der Waals surface area contributed by atoms with E-state index in [1.54, 1.807) is 18.0 Å². The summed E-state index contributed by atoms with van der Waals surface area (Å²) < 4.78 is 0.987. The van der Waals surface area contributed by atoms with Gasteiger partial charge in [0.05, 0.1) is 9.90 Å². The quantitative estimate of drug-likeness (QED) is 0.558. The zero-order valence-corrected chi connectivity index (χ0v) is 12.6. The molecule has 0 aliphatic heterocycles. The predicted molar refractivity (Wildman–Crippen MR) is 75.9 cm³/mol. The van der Waals surface area contributed by atoms with Crippen LogP contribution in [-0.4, -0.2) is 30.3 Å². The third kappa shape index (κ3) is 4.66. The van der Waals surface area contributed by atoms with Crippen molar-refractivity contribution in [1.29, 1.82) is 0 Å². The van der Waals surface area contributed by atoms with Crippen molar-refractivity contribution in [2.45, 2.75) is 19.3 Å². The van der Waals surface area contributed by atoms with Gasteiger partial charge in [0.25, 0.3) is 5.91 Å². The average molecular weight is 315 g/mol. The van der Waals surface area contributed by atoms with Crippen molar-refractivity contribution >= 4 is 52.0 Å². The molecule has 1 aromatic heterocycles. The lowest BCUT2D eigenvalue weighted by Gasteiger charge is -2.16. The maximum Gasteiger partial charge on any atom is 0.256 e. The van der Waals surface area contributed by atoms with Gasteiger partial charge in [-0.05, 0) is 18.9 Å². The molecule has 0 unspecified atom stereocenters. The molecule has 1 rings (SSSR count). The topological polar surface area (TPSA) is 20.3 Å². The molecular weight excluding hydrogens is 301 g/mol. The number of nitrogens with zero attached hydrogens (tertiary/aromatic N) is 1. The highest BCUT2D eigenvalue weighted by atomic mass is 35.5. The smallest absolute Gasteiger partial charge is 0.256 e. The van der Waals surface area contributed by atoms with Crippen LogP contribution in [0, 0.1) is 0 Å². The molecule has 0 saturated carbocycles. The summed E-state index contributed by atoms with van der Waals surface area (Å²) in [5.74, 6) is 0.591. The summed E-state index contributed by atoms with van der Waals surface area (Å²) in [5, 5.41) is 0. The number of alkyl halides is 1. The van der Waals surface area contributed by atoms with Crippen LogP contribution in [0.15, 0.2) is 6.07 Å². The second kappa shape index (κ2) is 7.47. The number of unbranched alkanes of at least 4 members (excludes halogenated alkanes) is 2. The molecule has 17 heavy (non-hydrogen) atoms. The van der Waals surface area contributed by atoms with Crippen LogP contribution in [0.5, 0.6) is 0 Å². The van der Waals surface area contributed by atoms with Gasteiger partial charge in [-0.15, -0.1) is 22.9 Å². The Bertz CT molecular complexity index is 381. The largest absolute Gasteiger partial charge is 0.342 e. The Morgan fingerprint density at radius 1 is 1.35 bits per heavy atom. The summed E-state index contributed by atoms with van der Waals surface area (Å²) >= 11 is 18.5. The minimum absolute atomic E-state index is 0.0796. The summed E-state index contributed by atoms with van der Waals surface area (Å²) in [6.07, 6.45) is 2.96. The predicted octanol–water partition coefficient (Wildman–Crippen LogP) is 4.54. The molecule has 0 aliphatic carbocycles. The van der Waals surface area contributed by atoms with Crippen molar-refractivity contribution in [2.24, 2.45) is 0 Å². The van der Waals surface area contributed by atoms with Gasteiger partial charge in [0.15, 0.2) is 0 Å². The standard InChI is InChI=1S/C11H14Cl3NOS/c1-15(6-4-2-3-5-12)11(16)8-7-9(13)17-10(8)14/h7H,2-6H2,1H3. The van der Waals surface area contributed by atoms with E-state index in [0.29, 0.717) is 26.7 Å². The summed E-state index contributed by atoms with van der Waals surface area (Å²) in [6, 6.07) is 1.62. The molecule has 0 N–H and O–H groups in total. The first-order chi connectivity index (χ1) is 8.06. The molecule has 0 spiro atoms. The number of hydrogen-bond donors (Lipinski definition) is 0. The van der Waals surface area contributed by atoms with E-state index in [2.05, 4.69) is 0 Å². The van der Waals surface area contributed by atoms with Crippen LogP contribution in [0.4, 0.5) is 0 Å². The molecule has 1 aromatic rings. The van der Waals surface area contributed by atoms with Crippen molar-refractivity contribution in [3.63, 3.8) is 0 Å². The maximum absolute atomic E-state index is 12.0. The molecule has 1 amide bonds. The Balaban J connectivity index is 2.49. The fourth-order valence-electron chi connectivity index (χ4n) is 1.41. The Morgan fingerprint density at radius 3 is 2.59 bits per heavy atom. The Hall–Kier alpha value is 0.0400. The third-order valence-corrected chi connectivity index (χ3v) is 4.12. The molecule has 0 aliphatic rings. The van der Waals surface area contributed by atoms with Crippen LogP contribution in [0.1, 0.15) is 29.6 Å². The summed E-state index contributed by atoms with van der Waals surface area (Å²) in [5.41, 5.74) is 0.488. The van der Waals surface area contributed by atoms with Crippen molar-refractivity contribution < 1.29 is 4.79 Å². The fraction of sp³-hybridized carbons (Fsp3) is 0.545. The first-order valence-corrected chi connectivity index (χ1v) is 7.43. The lowest BCUT2D eigenvalue weighted by molar-refractivity contribution is 0.0793. The van der Waals surface area contributed by atoms with Crippen molar-refractivity contribution in [3.05, 3.63) is 20.3 Å². The third-order valence-electron chi connectivity index (χ3n) is 2.36. The van der Waals surface area contributed by atoms with Crippen LogP contribution >= 0.6 is 46.1 Å². The highest BCUT2D eigenvalue weighted by Crippen LogP contribution is 2.31. The second-order valence-electron chi connectivity index (χ2n) is 3.71. The van der Waals surface area contributed by atoms with E-state index >= 15 is 0 Å². The van der Waals surface area contributed by atoms with Crippen LogP contribution in [0.3, 0.4) is 0 Å². The minimum Gasteiger partial charge on any atom is -0.342 e. The molecule has 6 heteroatoms. The first-order valence-electron chi connectivity index (χ1n) is 5.32. The summed E-state index contributed by atoms with van der Waals surface area (Å²) in [6.45, 7) is 0.708. The second-order valence-corrected chi connectivity index (χ2v) is 6.38. The molecule has 0 aromatic carbocycles. The zero-order valence-electron chi connectivity index (χ0n) is 9.51. The van der Waals surface area contributed by atoms with Crippen LogP contribution in [-0.2, 0) is 0 Å². The Labute approximate surface area is 120 Å². The number of carbonyl (C=O) groups is 1. The lowest BCUT2D eigenvalue weighted by Crippen LogP contribution is -2.27. The highest BCUT2D eigenvalue weighted by Gasteiger charge is 2.17. The van der Waals surface area contributed by atoms with Crippen LogP contribution < -0.4 is 0 Å². The van der Waals surface area contributed by atoms with Gasteiger partial charge < -0.3 is 4.90 Å². The van der Waals surface area contributed by atoms with Crippen molar-refractivity contribution in [2.75, 3.05) is 19.5 Å². The number of rotatable bonds is 6. The monoisotopic (exact) mass is 313 g/mol. The zero-order chi connectivity index (χ0) is 12.8. The molecular formula is C11H14Cl3NOS. The van der Waals surface area contributed by atoms with Gasteiger partial charge in [0.1, 0.15) is 4.34 Å². The normalized spacial score (nSPS) is 10.6. The molecule has 2 nitrogen and oxygen atoms in total. The number of thiophene rings is 1. The SMILES string of the molecule is CN(CCCCCCl)C(=O)c1cc(Cl)sc1Cl. The van der Waals surface area contributed by atoms with Crippen molar-refractivity contribution in [1.82, 2.24) is 4.90 Å². The molecule has 0 fully saturated rings. The lowest BCUT2D eigenvalue weighted by atomic mass is 10.2. The molecule has 0 saturated heterocycles. The van der Waals surface area contributed by atoms with Gasteiger partial charge in [0.2, 0.25) is 0 Å². The van der Waals surface area contributed by atoms with Gasteiger partial charge in [-0.3, -0.25) is 4.79 Å². The maximum atomic E-state index is 12.0. The molecule has 0 atom stereocenters. The van der Waals surface area contributed by atoms with E-state index < -0.39 is 0 Å². The molecule has 96 valence electrons. The van der Waals surface area contributed by atoms with Gasteiger partial charge in [0, 0.05) is 19.5 Å². The van der Waals surface area contributed by atoms with Gasteiger partial charge in [-0.25, -0.2) is 0 Å². The van der Waals surface area contributed by atoms with Gasteiger partial charge in [-0.1, -0.05) is 29.6 Å². The fourth-order valence-corrected chi connectivity index (χ4v) is 3.05. The minimum atomic E-state index is -0.0796. The van der Waals surface area contributed by atoms with E-state index in [-0.39, 0.29) is 5.91 Å². The van der Waals surface area contributed by atoms with Crippen molar-refractivity contribution in [3.8, 4) is 0 Å². The number of amides is 1. The van der Waals surface area contributed by atoms with E-state index in [1.165, 1.54) is 11.3 Å². The molecule has 0 bridgehead atoms. The highest BCUT2D eigenvalue weighted by molar-refractivity contribution is 7.20. The summed E-state index contributed by atoms with van der Waals surface area (Å²) in [4.78, 5) is 13.7. The molecule has 0 radical (unpaired) electrons. The van der Waals surface area contributed by atoms with Crippen LogP contribution in [0.2, 0.25) is 8.67 Å². The van der Waals surface area contributed by atoms with E-state index in [0.717, 1.165) is 19.3 Å². The van der Waals surface area contributed by atoms with Gasteiger partial charge >= 0.3 is 0 Å². The summed E-state index contributed by atoms with van der Waals surface area (Å²) in [7, 11) is 1.77.